The van der Waals surface area contributed by atoms with Crippen LogP contribution in [0.4, 0.5) is 0 Å². The summed E-state index contributed by atoms with van der Waals surface area (Å²) in [6, 6.07) is 8.00. The first-order valence-corrected chi connectivity index (χ1v) is 9.84. The Morgan fingerprint density at radius 3 is 2.44 bits per heavy atom. The van der Waals surface area contributed by atoms with Crippen molar-refractivity contribution in [1.82, 2.24) is 4.90 Å². The van der Waals surface area contributed by atoms with E-state index < -0.39 is 0 Å². The third-order valence-electron chi connectivity index (χ3n) is 4.12. The zero-order valence-corrected chi connectivity index (χ0v) is 16.1. The zero-order chi connectivity index (χ0) is 17.8. The number of methoxy groups -OCH3 is 3. The van der Waals surface area contributed by atoms with Gasteiger partial charge in [-0.2, -0.15) is 0 Å². The van der Waals surface area contributed by atoms with Crippen LogP contribution in [-0.4, -0.2) is 44.4 Å². The molecule has 0 aliphatic carbocycles. The summed E-state index contributed by atoms with van der Waals surface area (Å²) in [5.41, 5.74) is 0.983. The molecule has 1 aliphatic rings. The fraction of sp³-hybridized carbons (Fsp3) is 0.389. The second-order valence-electron chi connectivity index (χ2n) is 5.54. The second-order valence-corrected chi connectivity index (χ2v) is 7.64. The average Bonchev–Trinajstić information content (AvgIpc) is 3.28. The quantitative estimate of drug-likeness (QED) is 0.736. The van der Waals surface area contributed by atoms with Gasteiger partial charge in [-0.15, -0.1) is 23.1 Å². The molecule has 25 heavy (non-hydrogen) atoms. The van der Waals surface area contributed by atoms with E-state index >= 15 is 0 Å². The van der Waals surface area contributed by atoms with Crippen molar-refractivity contribution in [2.75, 3.05) is 33.6 Å². The van der Waals surface area contributed by atoms with E-state index in [9.17, 15) is 4.79 Å². The molecule has 134 valence electrons. The number of hydrogen-bond acceptors (Lipinski definition) is 6. The van der Waals surface area contributed by atoms with E-state index in [1.165, 1.54) is 4.88 Å². The maximum Gasteiger partial charge on any atom is 0.233 e. The van der Waals surface area contributed by atoms with Crippen LogP contribution in [0.1, 0.15) is 15.8 Å². The molecular weight excluding hydrogens is 358 g/mol. The van der Waals surface area contributed by atoms with Crippen molar-refractivity contribution >= 4 is 29.0 Å². The van der Waals surface area contributed by atoms with Gasteiger partial charge in [0.1, 0.15) is 5.37 Å². The van der Waals surface area contributed by atoms with E-state index in [1.54, 1.807) is 44.4 Å². The SMILES string of the molecule is COc1cc(C2SCC(=O)N2CCc2cccs2)cc(OC)c1OC. The minimum absolute atomic E-state index is 0.0406. The van der Waals surface area contributed by atoms with Gasteiger partial charge in [0, 0.05) is 11.4 Å². The summed E-state index contributed by atoms with van der Waals surface area (Å²) >= 11 is 3.35. The van der Waals surface area contributed by atoms with Crippen molar-refractivity contribution in [3.63, 3.8) is 0 Å². The molecule has 1 atom stereocenters. The predicted molar refractivity (Wildman–Crippen MR) is 101 cm³/mol. The van der Waals surface area contributed by atoms with Crippen molar-refractivity contribution in [2.45, 2.75) is 11.8 Å². The van der Waals surface area contributed by atoms with E-state index in [1.807, 2.05) is 23.1 Å². The Morgan fingerprint density at radius 2 is 1.88 bits per heavy atom. The molecular formula is C18H21NO4S2. The Labute approximate surface area is 155 Å². The molecule has 1 aromatic carbocycles. The van der Waals surface area contributed by atoms with Crippen LogP contribution in [0.25, 0.3) is 0 Å². The molecule has 1 amide bonds. The maximum atomic E-state index is 12.4. The largest absolute Gasteiger partial charge is 0.493 e. The summed E-state index contributed by atoms with van der Waals surface area (Å²) < 4.78 is 16.3. The third-order valence-corrected chi connectivity index (χ3v) is 6.31. The normalized spacial score (nSPS) is 17.0. The fourth-order valence-corrected chi connectivity index (χ4v) is 4.80. The van der Waals surface area contributed by atoms with E-state index in [-0.39, 0.29) is 11.3 Å². The van der Waals surface area contributed by atoms with Crippen LogP contribution in [0, 0.1) is 0 Å². The minimum Gasteiger partial charge on any atom is -0.493 e. The Bertz CT molecular complexity index is 708. The van der Waals surface area contributed by atoms with Gasteiger partial charge in [0.25, 0.3) is 0 Å². The molecule has 5 nitrogen and oxygen atoms in total. The number of thiophene rings is 1. The highest BCUT2D eigenvalue weighted by Gasteiger charge is 2.33. The van der Waals surface area contributed by atoms with Crippen LogP contribution in [0.2, 0.25) is 0 Å². The Balaban J connectivity index is 1.86. The number of nitrogens with zero attached hydrogens (tertiary/aromatic N) is 1. The number of hydrogen-bond donors (Lipinski definition) is 0. The molecule has 1 unspecified atom stereocenters. The van der Waals surface area contributed by atoms with Gasteiger partial charge in [0.15, 0.2) is 11.5 Å². The number of benzene rings is 1. The van der Waals surface area contributed by atoms with Crippen LogP contribution in [0.5, 0.6) is 17.2 Å². The average molecular weight is 380 g/mol. The highest BCUT2D eigenvalue weighted by Crippen LogP contribution is 2.45. The molecule has 1 aromatic heterocycles. The molecule has 0 saturated carbocycles. The fourth-order valence-electron chi connectivity index (χ4n) is 2.90. The molecule has 1 fully saturated rings. The lowest BCUT2D eigenvalue weighted by molar-refractivity contribution is -0.128. The molecule has 7 heteroatoms. The third kappa shape index (κ3) is 3.72. The molecule has 0 N–H and O–H groups in total. The van der Waals surface area contributed by atoms with Crippen LogP contribution in [0.15, 0.2) is 29.6 Å². The molecule has 0 radical (unpaired) electrons. The summed E-state index contributed by atoms with van der Waals surface area (Å²) in [4.78, 5) is 15.6. The standard InChI is InChI=1S/C18H21NO4S2/c1-21-14-9-12(10-15(22-2)17(14)23-3)18-19(16(20)11-25-18)7-6-13-5-4-8-24-13/h4-5,8-10,18H,6-7,11H2,1-3H3. The number of carbonyl (C=O) groups is 1. The summed E-state index contributed by atoms with van der Waals surface area (Å²) in [6.45, 7) is 0.702. The summed E-state index contributed by atoms with van der Waals surface area (Å²) in [6.07, 6.45) is 0.866. The predicted octanol–water partition coefficient (Wildman–Crippen LogP) is 3.59. The molecule has 0 bridgehead atoms. The number of thioether (sulfide) groups is 1. The first kappa shape index (κ1) is 17.9. The lowest BCUT2D eigenvalue weighted by Gasteiger charge is -2.25. The van der Waals surface area contributed by atoms with Gasteiger partial charge < -0.3 is 19.1 Å². The lowest BCUT2D eigenvalue weighted by atomic mass is 10.1. The van der Waals surface area contributed by atoms with Gasteiger partial charge in [-0.25, -0.2) is 0 Å². The van der Waals surface area contributed by atoms with Crippen molar-refractivity contribution in [3.05, 3.63) is 40.1 Å². The van der Waals surface area contributed by atoms with Crippen LogP contribution in [-0.2, 0) is 11.2 Å². The topological polar surface area (TPSA) is 48.0 Å². The van der Waals surface area contributed by atoms with Crippen molar-refractivity contribution < 1.29 is 19.0 Å². The Hall–Kier alpha value is -1.86. The highest BCUT2D eigenvalue weighted by atomic mass is 32.2. The lowest BCUT2D eigenvalue weighted by Crippen LogP contribution is -2.30. The number of ether oxygens (including phenoxy) is 3. The first-order chi connectivity index (χ1) is 12.2. The van der Waals surface area contributed by atoms with Gasteiger partial charge in [-0.3, -0.25) is 4.79 Å². The van der Waals surface area contributed by atoms with Crippen LogP contribution >= 0.6 is 23.1 Å². The summed E-state index contributed by atoms with van der Waals surface area (Å²) in [5.74, 6) is 2.43. The first-order valence-electron chi connectivity index (χ1n) is 7.91. The molecule has 0 spiro atoms. The highest BCUT2D eigenvalue weighted by molar-refractivity contribution is 8.00. The van der Waals surface area contributed by atoms with E-state index in [0.717, 1.165) is 12.0 Å². The van der Waals surface area contributed by atoms with Gasteiger partial charge in [-0.05, 0) is 35.6 Å². The van der Waals surface area contributed by atoms with Crippen LogP contribution < -0.4 is 14.2 Å². The molecule has 1 saturated heterocycles. The van der Waals surface area contributed by atoms with Crippen molar-refractivity contribution in [2.24, 2.45) is 0 Å². The second kappa shape index (κ2) is 8.01. The van der Waals surface area contributed by atoms with Gasteiger partial charge >= 0.3 is 0 Å². The number of rotatable bonds is 7. The Morgan fingerprint density at radius 1 is 1.16 bits per heavy atom. The summed E-state index contributed by atoms with van der Waals surface area (Å²) in [7, 11) is 4.78. The van der Waals surface area contributed by atoms with Crippen molar-refractivity contribution in [3.8, 4) is 17.2 Å². The zero-order valence-electron chi connectivity index (χ0n) is 14.5. The van der Waals surface area contributed by atoms with E-state index in [4.69, 9.17) is 14.2 Å². The monoisotopic (exact) mass is 379 g/mol. The van der Waals surface area contributed by atoms with Crippen molar-refractivity contribution in [1.29, 1.82) is 0 Å². The van der Waals surface area contributed by atoms with Crippen LogP contribution in [0.3, 0.4) is 0 Å². The Kier molecular flexibility index (Phi) is 5.75. The summed E-state index contributed by atoms with van der Waals surface area (Å²) in [5, 5.41) is 2.02. The van der Waals surface area contributed by atoms with E-state index in [0.29, 0.717) is 29.5 Å². The van der Waals surface area contributed by atoms with E-state index in [2.05, 4.69) is 11.4 Å². The maximum absolute atomic E-state index is 12.4. The van der Waals surface area contributed by atoms with Gasteiger partial charge in [0.2, 0.25) is 11.7 Å². The number of amides is 1. The smallest absolute Gasteiger partial charge is 0.233 e. The minimum atomic E-state index is -0.0406. The van der Waals surface area contributed by atoms with Gasteiger partial charge in [-0.1, -0.05) is 6.07 Å². The van der Waals surface area contributed by atoms with Gasteiger partial charge in [0.05, 0.1) is 27.1 Å². The molecule has 2 aromatic rings. The molecule has 2 heterocycles. The number of carbonyl (C=O) groups excluding carboxylic acids is 1. The molecule has 1 aliphatic heterocycles. The molecule has 3 rings (SSSR count).